The lowest BCUT2D eigenvalue weighted by Crippen LogP contribution is -2.26. The lowest BCUT2D eigenvalue weighted by atomic mass is 9.89. The van der Waals surface area contributed by atoms with E-state index in [-0.39, 0.29) is 0 Å². The normalized spacial score (nSPS) is 14.2. The van der Waals surface area contributed by atoms with E-state index in [2.05, 4.69) is 85.2 Å². The van der Waals surface area contributed by atoms with E-state index in [0.29, 0.717) is 12.4 Å². The molecule has 0 amide bonds. The molecule has 0 heterocycles. The molecular formula is C39H47NO2. The summed E-state index contributed by atoms with van der Waals surface area (Å²) in [5, 5.41) is 9.86. The van der Waals surface area contributed by atoms with Gasteiger partial charge in [0.1, 0.15) is 11.5 Å². The molecule has 4 rings (SSSR count). The third-order valence-corrected chi connectivity index (χ3v) is 7.97. The van der Waals surface area contributed by atoms with E-state index in [1.165, 1.54) is 59.1 Å². The summed E-state index contributed by atoms with van der Waals surface area (Å²) in [5.41, 5.74) is 7.90. The number of phenolic OH excluding ortho intramolecular Hbond substituents is 1. The van der Waals surface area contributed by atoms with E-state index in [0.717, 1.165) is 51.1 Å². The minimum atomic E-state index is 0.308. The first-order valence-electron chi connectivity index (χ1n) is 15.6. The summed E-state index contributed by atoms with van der Waals surface area (Å²) in [7, 11) is 0. The second-order valence-corrected chi connectivity index (χ2v) is 11.2. The first-order valence-corrected chi connectivity index (χ1v) is 15.6. The summed E-state index contributed by atoms with van der Waals surface area (Å²) >= 11 is 0. The fourth-order valence-corrected chi connectivity index (χ4v) is 5.70. The minimum absolute atomic E-state index is 0.308. The maximum atomic E-state index is 9.86. The van der Waals surface area contributed by atoms with Crippen LogP contribution in [-0.2, 0) is 6.54 Å². The molecule has 3 heteroatoms. The van der Waals surface area contributed by atoms with Crippen LogP contribution in [0.2, 0.25) is 0 Å². The van der Waals surface area contributed by atoms with Crippen LogP contribution in [0.25, 0.3) is 5.57 Å². The van der Waals surface area contributed by atoms with Crippen molar-refractivity contribution in [3.05, 3.63) is 138 Å². The number of hydrogen-bond donors (Lipinski definition) is 1. The van der Waals surface area contributed by atoms with Crippen LogP contribution in [0, 0.1) is 0 Å². The van der Waals surface area contributed by atoms with Gasteiger partial charge in [0.15, 0.2) is 0 Å². The Hall–Kier alpha value is -3.82. The largest absolute Gasteiger partial charge is 0.508 e. The van der Waals surface area contributed by atoms with Crippen LogP contribution < -0.4 is 4.74 Å². The van der Waals surface area contributed by atoms with E-state index in [4.69, 9.17) is 4.74 Å². The van der Waals surface area contributed by atoms with Crippen molar-refractivity contribution in [3.63, 3.8) is 0 Å². The number of ether oxygens (including phenoxy) is 1. The van der Waals surface area contributed by atoms with Gasteiger partial charge in [-0.25, -0.2) is 0 Å². The topological polar surface area (TPSA) is 32.7 Å². The zero-order valence-corrected chi connectivity index (χ0v) is 25.3. The number of nitrogens with zero attached hydrogens (tertiary/aromatic N) is 1. The van der Waals surface area contributed by atoms with Gasteiger partial charge in [-0.3, -0.25) is 4.90 Å². The van der Waals surface area contributed by atoms with Crippen LogP contribution in [0.15, 0.2) is 121 Å². The summed E-state index contributed by atoms with van der Waals surface area (Å²) in [5.74, 6) is 1.23. The monoisotopic (exact) mass is 561 g/mol. The van der Waals surface area contributed by atoms with Crippen molar-refractivity contribution in [3.8, 4) is 11.5 Å². The van der Waals surface area contributed by atoms with Gasteiger partial charge < -0.3 is 9.84 Å². The van der Waals surface area contributed by atoms with E-state index in [9.17, 15) is 5.11 Å². The number of allylic oxidation sites excluding steroid dienone is 4. The number of phenols is 1. The first-order chi connectivity index (χ1) is 20.7. The van der Waals surface area contributed by atoms with Gasteiger partial charge >= 0.3 is 0 Å². The quantitative estimate of drug-likeness (QED) is 0.121. The molecule has 0 unspecified atom stereocenters. The van der Waals surface area contributed by atoms with Crippen molar-refractivity contribution >= 4 is 5.57 Å². The average molecular weight is 562 g/mol. The highest BCUT2D eigenvalue weighted by molar-refractivity contribution is 5.82. The molecule has 42 heavy (non-hydrogen) atoms. The van der Waals surface area contributed by atoms with Gasteiger partial charge in [0.05, 0.1) is 6.61 Å². The standard InChI is InChI=1S/C39H47NO2/c1-3-5-15-32(4-2)30-40(31-33-16-9-8-10-17-33)28-13-14-29-42-38-26-22-36(23-27-38)39(34-18-11-6-7-12-19-34)35-20-24-37(41)25-21-35/h3-5,8-10,15-17,20-27,41H,1,6-7,11-14,18-19,28-31H2,2H3/b15-5-,32-4+. The Morgan fingerprint density at radius 2 is 1.52 bits per heavy atom. The second kappa shape index (κ2) is 17.2. The SMILES string of the molecule is C=C/C=C\C(=C/C)CN(CCCCOc1ccc(C(=C2CCCCCC2)c2ccc(O)cc2)cc1)Cc1ccccc1. The molecule has 3 nitrogen and oxygen atoms in total. The fourth-order valence-electron chi connectivity index (χ4n) is 5.70. The molecule has 0 radical (unpaired) electrons. The van der Waals surface area contributed by atoms with Gasteiger partial charge in [-0.05, 0) is 104 Å². The minimum Gasteiger partial charge on any atom is -0.508 e. The number of rotatable bonds is 14. The van der Waals surface area contributed by atoms with Crippen molar-refractivity contribution in [1.82, 2.24) is 4.90 Å². The van der Waals surface area contributed by atoms with Crippen LogP contribution >= 0.6 is 0 Å². The highest BCUT2D eigenvalue weighted by atomic mass is 16.5. The Bertz CT molecular complexity index is 1310. The van der Waals surface area contributed by atoms with Gasteiger partial charge in [-0.1, -0.05) is 104 Å². The average Bonchev–Trinajstić information content (AvgIpc) is 3.30. The third-order valence-electron chi connectivity index (χ3n) is 7.97. The van der Waals surface area contributed by atoms with Crippen LogP contribution in [0.3, 0.4) is 0 Å². The fraction of sp³-hybridized carbons (Fsp3) is 0.333. The molecule has 0 spiro atoms. The molecule has 1 aliphatic rings. The number of aromatic hydroxyl groups is 1. The maximum Gasteiger partial charge on any atom is 0.119 e. The van der Waals surface area contributed by atoms with E-state index >= 15 is 0 Å². The zero-order chi connectivity index (χ0) is 29.4. The molecule has 1 saturated carbocycles. The lowest BCUT2D eigenvalue weighted by Gasteiger charge is -2.23. The molecule has 0 atom stereocenters. The summed E-state index contributed by atoms with van der Waals surface area (Å²) in [6, 6.07) is 27.0. The van der Waals surface area contributed by atoms with E-state index < -0.39 is 0 Å². The Labute approximate surface area is 253 Å². The van der Waals surface area contributed by atoms with Gasteiger partial charge in [0.2, 0.25) is 0 Å². The molecule has 0 bridgehead atoms. The van der Waals surface area contributed by atoms with Gasteiger partial charge in [-0.15, -0.1) is 0 Å². The van der Waals surface area contributed by atoms with Crippen molar-refractivity contribution in [2.45, 2.75) is 64.8 Å². The molecule has 0 saturated heterocycles. The highest BCUT2D eigenvalue weighted by Crippen LogP contribution is 2.35. The Morgan fingerprint density at radius 1 is 0.857 bits per heavy atom. The molecule has 0 aliphatic heterocycles. The number of benzene rings is 3. The summed E-state index contributed by atoms with van der Waals surface area (Å²) < 4.78 is 6.18. The predicted molar refractivity (Wildman–Crippen MR) is 178 cm³/mol. The summed E-state index contributed by atoms with van der Waals surface area (Å²) in [6.45, 7) is 9.48. The van der Waals surface area contributed by atoms with E-state index in [1.54, 1.807) is 12.1 Å². The van der Waals surface area contributed by atoms with Crippen LogP contribution in [0.5, 0.6) is 11.5 Å². The molecule has 3 aromatic rings. The molecule has 1 fully saturated rings. The Balaban J connectivity index is 1.34. The number of unbranched alkanes of at least 4 members (excludes halogenated alkanes) is 1. The number of hydrogen-bond acceptors (Lipinski definition) is 3. The lowest BCUT2D eigenvalue weighted by molar-refractivity contribution is 0.258. The first kappa shape index (κ1) is 31.1. The smallest absolute Gasteiger partial charge is 0.119 e. The Morgan fingerprint density at radius 3 is 2.17 bits per heavy atom. The van der Waals surface area contributed by atoms with Gasteiger partial charge in [0, 0.05) is 13.1 Å². The van der Waals surface area contributed by atoms with Crippen molar-refractivity contribution in [2.75, 3.05) is 19.7 Å². The summed E-state index contributed by atoms with van der Waals surface area (Å²) in [4.78, 5) is 2.51. The molecule has 0 aromatic heterocycles. The molecule has 1 N–H and O–H groups in total. The third kappa shape index (κ3) is 9.92. The summed E-state index contributed by atoms with van der Waals surface area (Å²) in [6.07, 6.45) is 17.7. The molecular weight excluding hydrogens is 514 g/mol. The van der Waals surface area contributed by atoms with Crippen LogP contribution in [-0.4, -0.2) is 29.7 Å². The van der Waals surface area contributed by atoms with Crippen LogP contribution in [0.1, 0.15) is 75.0 Å². The van der Waals surface area contributed by atoms with Crippen molar-refractivity contribution in [2.24, 2.45) is 0 Å². The molecule has 3 aromatic carbocycles. The Kier molecular flexibility index (Phi) is 12.8. The molecule has 220 valence electrons. The van der Waals surface area contributed by atoms with Crippen LogP contribution in [0.4, 0.5) is 0 Å². The van der Waals surface area contributed by atoms with E-state index in [1.807, 2.05) is 24.3 Å². The highest BCUT2D eigenvalue weighted by Gasteiger charge is 2.15. The van der Waals surface area contributed by atoms with Crippen molar-refractivity contribution < 1.29 is 9.84 Å². The second-order valence-electron chi connectivity index (χ2n) is 11.2. The van der Waals surface area contributed by atoms with Crippen molar-refractivity contribution in [1.29, 1.82) is 0 Å². The maximum absolute atomic E-state index is 9.86. The van der Waals surface area contributed by atoms with Gasteiger partial charge in [0.25, 0.3) is 0 Å². The predicted octanol–water partition coefficient (Wildman–Crippen LogP) is 9.90. The molecule has 1 aliphatic carbocycles. The van der Waals surface area contributed by atoms with Gasteiger partial charge in [-0.2, -0.15) is 0 Å². The zero-order valence-electron chi connectivity index (χ0n) is 25.3.